The number of benzene rings is 1. The van der Waals surface area contributed by atoms with Crippen LogP contribution in [0.1, 0.15) is 41.5 Å². The van der Waals surface area contributed by atoms with Crippen LogP contribution in [0.4, 0.5) is 0 Å². The smallest absolute Gasteiger partial charge is 0.367 e. The molecule has 1 amide bonds. The van der Waals surface area contributed by atoms with Crippen molar-refractivity contribution in [1.82, 2.24) is 10.3 Å². The van der Waals surface area contributed by atoms with Gasteiger partial charge in [-0.15, -0.1) is 11.3 Å². The van der Waals surface area contributed by atoms with Crippen LogP contribution in [-0.4, -0.2) is 30.6 Å². The van der Waals surface area contributed by atoms with Gasteiger partial charge in [0, 0.05) is 17.0 Å². The van der Waals surface area contributed by atoms with E-state index in [0.29, 0.717) is 11.4 Å². The molecule has 1 atom stereocenters. The van der Waals surface area contributed by atoms with Crippen LogP contribution in [0.25, 0.3) is 11.3 Å². The average molecular weight is 427 g/mol. The number of halogens is 1. The number of ether oxygens (including phenoxy) is 2. The van der Waals surface area contributed by atoms with Crippen LogP contribution in [0, 0.1) is 0 Å². The van der Waals surface area contributed by atoms with E-state index in [1.165, 1.54) is 25.4 Å². The molecule has 0 saturated heterocycles. The zero-order chi connectivity index (χ0) is 18.6. The number of fused-ring (bicyclic) bond motifs is 3. The van der Waals surface area contributed by atoms with Crippen LogP contribution >= 0.6 is 27.3 Å². The van der Waals surface area contributed by atoms with E-state index in [9.17, 15) is 9.59 Å². The van der Waals surface area contributed by atoms with Gasteiger partial charge in [0.2, 0.25) is 10.9 Å². The van der Waals surface area contributed by atoms with Crippen LogP contribution in [0.2, 0.25) is 0 Å². The van der Waals surface area contributed by atoms with E-state index in [0.717, 1.165) is 14.9 Å². The van der Waals surface area contributed by atoms with Gasteiger partial charge in [-0.1, -0.05) is 29.8 Å². The first-order chi connectivity index (χ1) is 12.0. The Morgan fingerprint density at radius 2 is 2.12 bits per heavy atom. The molecule has 2 aromatic rings. The van der Waals surface area contributed by atoms with Gasteiger partial charge < -0.3 is 14.8 Å². The molecule has 1 aliphatic rings. The van der Waals surface area contributed by atoms with Gasteiger partial charge in [0.05, 0.1) is 23.7 Å². The summed E-state index contributed by atoms with van der Waals surface area (Å²) < 4.78 is 11.4. The zero-order valence-electron chi connectivity index (χ0n) is 14.4. The lowest BCUT2D eigenvalue weighted by Crippen LogP contribution is -2.29. The number of nitrogens with one attached hydrogen (secondary N) is 1. The maximum absolute atomic E-state index is 11.8. The Kier molecular flexibility index (Phi) is 6.55. The number of esters is 1. The van der Waals surface area contributed by atoms with E-state index in [1.54, 1.807) is 0 Å². The molecule has 0 aliphatic carbocycles. The Morgan fingerprint density at radius 1 is 1.40 bits per heavy atom. The summed E-state index contributed by atoms with van der Waals surface area (Å²) in [5, 5.41) is 3.09. The summed E-state index contributed by atoms with van der Waals surface area (Å²) in [6.45, 7) is 5.71. The Morgan fingerprint density at radius 3 is 2.76 bits per heavy atom. The van der Waals surface area contributed by atoms with Crippen molar-refractivity contribution in [2.24, 2.45) is 0 Å². The van der Waals surface area contributed by atoms with Crippen molar-refractivity contribution >= 4 is 39.1 Å². The Hall–Kier alpha value is -1.93. The molecule has 0 radical (unpaired) electrons. The molecule has 8 heteroatoms. The molecule has 6 nitrogen and oxygen atoms in total. The number of carbonyl (C=O) groups is 2. The van der Waals surface area contributed by atoms with E-state index >= 15 is 0 Å². The lowest BCUT2D eigenvalue weighted by molar-refractivity contribution is -0.119. The molecular formula is C17H19BrN2O4S. The molecule has 1 aliphatic heterocycles. The zero-order valence-corrected chi connectivity index (χ0v) is 16.8. The fourth-order valence-electron chi connectivity index (χ4n) is 2.35. The summed E-state index contributed by atoms with van der Waals surface area (Å²) in [4.78, 5) is 28.5. The molecule has 0 spiro atoms. The van der Waals surface area contributed by atoms with Gasteiger partial charge in [0.25, 0.3) is 0 Å². The van der Waals surface area contributed by atoms with Crippen molar-refractivity contribution in [2.45, 2.75) is 26.8 Å². The second-order valence-corrected chi connectivity index (χ2v) is 6.87. The maximum Gasteiger partial charge on any atom is 0.367 e. The standard InChI is InChI=1S/C15H13BrN2O4S.C2H6/c1-7(19)17-10-6-22-11-4-3-8(16)5-9(11)12-13(10)23-14(18-12)15(20)21-2;1-2/h3-5,10H,6H2,1-2H3,(H,17,19);1-2H3. The van der Waals surface area contributed by atoms with Gasteiger partial charge in [-0.2, -0.15) is 0 Å². The molecule has 0 bridgehead atoms. The highest BCUT2D eigenvalue weighted by molar-refractivity contribution is 9.10. The predicted octanol–water partition coefficient (Wildman–Crippen LogP) is 3.96. The molecule has 1 unspecified atom stereocenters. The Bertz CT molecular complexity index is 791. The Labute approximate surface area is 158 Å². The monoisotopic (exact) mass is 426 g/mol. The summed E-state index contributed by atoms with van der Waals surface area (Å²) in [7, 11) is 1.31. The molecule has 0 fully saturated rings. The molecule has 1 aromatic heterocycles. The quantitative estimate of drug-likeness (QED) is 0.735. The summed E-state index contributed by atoms with van der Waals surface area (Å²) >= 11 is 4.64. The first-order valence-corrected chi connectivity index (χ1v) is 9.39. The number of hydrogen-bond donors (Lipinski definition) is 1. The third kappa shape index (κ3) is 4.19. The summed E-state index contributed by atoms with van der Waals surface area (Å²) in [5.41, 5.74) is 1.40. The van der Waals surface area contributed by atoms with E-state index in [1.807, 2.05) is 32.0 Å². The van der Waals surface area contributed by atoms with Gasteiger partial charge in [-0.25, -0.2) is 9.78 Å². The minimum absolute atomic E-state index is 0.176. The van der Waals surface area contributed by atoms with Crippen molar-refractivity contribution in [1.29, 1.82) is 0 Å². The number of hydrogen-bond acceptors (Lipinski definition) is 6. The van der Waals surface area contributed by atoms with E-state index in [-0.39, 0.29) is 23.6 Å². The van der Waals surface area contributed by atoms with Crippen molar-refractivity contribution in [2.75, 3.05) is 13.7 Å². The molecule has 1 aromatic carbocycles. The van der Waals surface area contributed by atoms with Gasteiger partial charge in [-0.3, -0.25) is 4.79 Å². The SMILES string of the molecule is CC.COC(=O)c1nc2c(s1)C(NC(C)=O)COc1ccc(Br)cc1-2. The fraction of sp³-hybridized carbons (Fsp3) is 0.353. The van der Waals surface area contributed by atoms with E-state index in [2.05, 4.69) is 26.2 Å². The van der Waals surface area contributed by atoms with Crippen LogP contribution in [-0.2, 0) is 9.53 Å². The number of aromatic nitrogens is 1. The number of amides is 1. The highest BCUT2D eigenvalue weighted by Crippen LogP contribution is 2.42. The fourth-order valence-corrected chi connectivity index (χ4v) is 3.74. The highest BCUT2D eigenvalue weighted by atomic mass is 79.9. The summed E-state index contributed by atoms with van der Waals surface area (Å²) in [5.74, 6) is -0.0177. The number of carbonyl (C=O) groups excluding carboxylic acids is 2. The average Bonchev–Trinajstić information content (AvgIpc) is 3.00. The van der Waals surface area contributed by atoms with Crippen LogP contribution in [0.5, 0.6) is 5.75 Å². The highest BCUT2D eigenvalue weighted by Gasteiger charge is 2.30. The molecule has 134 valence electrons. The molecule has 2 heterocycles. The van der Waals surface area contributed by atoms with Crippen LogP contribution in [0.3, 0.4) is 0 Å². The predicted molar refractivity (Wildman–Crippen MR) is 100.0 cm³/mol. The first-order valence-electron chi connectivity index (χ1n) is 7.78. The molecule has 3 rings (SSSR count). The number of nitrogens with zero attached hydrogens (tertiary/aromatic N) is 1. The first kappa shape index (κ1) is 19.4. The van der Waals surface area contributed by atoms with Gasteiger partial charge in [0.15, 0.2) is 0 Å². The van der Waals surface area contributed by atoms with Gasteiger partial charge >= 0.3 is 5.97 Å². The third-order valence-electron chi connectivity index (χ3n) is 3.31. The minimum atomic E-state index is -0.498. The lowest BCUT2D eigenvalue weighted by Gasteiger charge is -2.14. The third-order valence-corrected chi connectivity index (χ3v) is 4.95. The van der Waals surface area contributed by atoms with E-state index in [4.69, 9.17) is 9.47 Å². The minimum Gasteiger partial charge on any atom is -0.490 e. The lowest BCUT2D eigenvalue weighted by atomic mass is 10.1. The maximum atomic E-state index is 11.8. The molecule has 1 N–H and O–H groups in total. The van der Waals surface area contributed by atoms with Crippen molar-refractivity contribution < 1.29 is 19.1 Å². The molecule has 0 saturated carbocycles. The Balaban J connectivity index is 0.00000109. The molecular weight excluding hydrogens is 408 g/mol. The van der Waals surface area contributed by atoms with Crippen LogP contribution in [0.15, 0.2) is 22.7 Å². The van der Waals surface area contributed by atoms with Gasteiger partial charge in [0.1, 0.15) is 12.4 Å². The van der Waals surface area contributed by atoms with Crippen molar-refractivity contribution in [3.8, 4) is 17.0 Å². The van der Waals surface area contributed by atoms with E-state index < -0.39 is 5.97 Å². The number of thiazole rings is 1. The van der Waals surface area contributed by atoms with Crippen molar-refractivity contribution in [3.63, 3.8) is 0 Å². The van der Waals surface area contributed by atoms with Crippen molar-refractivity contribution in [3.05, 3.63) is 32.6 Å². The second kappa shape index (κ2) is 8.44. The largest absolute Gasteiger partial charge is 0.490 e. The number of methoxy groups -OCH3 is 1. The van der Waals surface area contributed by atoms with Crippen LogP contribution < -0.4 is 10.1 Å². The summed E-state index contributed by atoms with van der Waals surface area (Å²) in [6, 6.07) is 5.21. The topological polar surface area (TPSA) is 77.5 Å². The second-order valence-electron chi connectivity index (χ2n) is 4.93. The van der Waals surface area contributed by atoms with Gasteiger partial charge in [-0.05, 0) is 18.2 Å². The number of rotatable bonds is 2. The molecule has 25 heavy (non-hydrogen) atoms. The summed E-state index contributed by atoms with van der Waals surface area (Å²) in [6.07, 6.45) is 0. The normalized spacial score (nSPS) is 14.7.